The molecule has 4 nitrogen and oxygen atoms in total. The fourth-order valence-corrected chi connectivity index (χ4v) is 2.46. The van der Waals surface area contributed by atoms with Crippen LogP contribution in [0.3, 0.4) is 0 Å². The number of nitrogens with zero attached hydrogens (tertiary/aromatic N) is 1. The zero-order valence-electron chi connectivity index (χ0n) is 12.6. The molecule has 0 bridgehead atoms. The van der Waals surface area contributed by atoms with E-state index in [0.29, 0.717) is 16.8 Å². The van der Waals surface area contributed by atoms with Crippen LogP contribution in [0.4, 0.5) is 0 Å². The fraction of sp³-hybridized carbons (Fsp3) is 0.533. The lowest BCUT2D eigenvalue weighted by atomic mass is 10.1. The van der Waals surface area contributed by atoms with Gasteiger partial charge in [0.1, 0.15) is 5.75 Å². The van der Waals surface area contributed by atoms with Crippen molar-refractivity contribution in [2.24, 2.45) is 0 Å². The summed E-state index contributed by atoms with van der Waals surface area (Å²) < 4.78 is 5.57. The average molecular weight is 333 g/mol. The number of aryl methyl sites for hydroxylation is 1. The number of piperazine rings is 1. The molecule has 1 heterocycles. The number of nitrogens with one attached hydrogen (secondary N) is 1. The molecule has 1 aliphatic heterocycles. The van der Waals surface area contributed by atoms with Crippen molar-refractivity contribution in [1.29, 1.82) is 0 Å². The summed E-state index contributed by atoms with van der Waals surface area (Å²) in [5.41, 5.74) is 0.945. The van der Waals surface area contributed by atoms with Crippen LogP contribution in [0.15, 0.2) is 18.2 Å². The minimum atomic E-state index is 0. The van der Waals surface area contributed by atoms with Gasteiger partial charge in [0.2, 0.25) is 0 Å². The van der Waals surface area contributed by atoms with Crippen molar-refractivity contribution in [1.82, 2.24) is 10.2 Å². The standard InChI is InChI=1S/C15H21ClN2O2.ClH/c1-10-8-13(4-5-14(10)16)20-9-15(19)18-7-6-17-11(2)12(18)3;/h4-5,8,11-12,17H,6-7,9H2,1-3H3;1H. The highest BCUT2D eigenvalue weighted by molar-refractivity contribution is 6.31. The maximum atomic E-state index is 12.2. The number of ether oxygens (including phenoxy) is 1. The molecule has 1 aromatic carbocycles. The third-order valence-electron chi connectivity index (χ3n) is 3.85. The van der Waals surface area contributed by atoms with Crippen LogP contribution in [0.25, 0.3) is 0 Å². The SMILES string of the molecule is Cc1cc(OCC(=O)N2CCNC(C)C2C)ccc1Cl.Cl. The summed E-state index contributed by atoms with van der Waals surface area (Å²) in [7, 11) is 0. The van der Waals surface area contributed by atoms with Crippen LogP contribution in [-0.2, 0) is 4.79 Å². The lowest BCUT2D eigenvalue weighted by molar-refractivity contribution is -0.137. The van der Waals surface area contributed by atoms with E-state index in [9.17, 15) is 4.79 Å². The predicted molar refractivity (Wildman–Crippen MR) is 87.6 cm³/mol. The number of amides is 1. The molecular formula is C15H22Cl2N2O2. The molecule has 118 valence electrons. The summed E-state index contributed by atoms with van der Waals surface area (Å²) >= 11 is 5.96. The zero-order valence-corrected chi connectivity index (χ0v) is 14.1. The second-order valence-electron chi connectivity index (χ2n) is 5.27. The molecule has 1 aliphatic rings. The average Bonchev–Trinajstić information content (AvgIpc) is 2.43. The Hall–Kier alpha value is -0.970. The van der Waals surface area contributed by atoms with Crippen molar-refractivity contribution in [3.8, 4) is 5.75 Å². The van der Waals surface area contributed by atoms with Gasteiger partial charge in [-0.3, -0.25) is 4.79 Å². The second-order valence-corrected chi connectivity index (χ2v) is 5.68. The highest BCUT2D eigenvalue weighted by atomic mass is 35.5. The minimum Gasteiger partial charge on any atom is -0.484 e. The summed E-state index contributed by atoms with van der Waals surface area (Å²) in [6.07, 6.45) is 0. The van der Waals surface area contributed by atoms with Crippen molar-refractivity contribution < 1.29 is 9.53 Å². The summed E-state index contributed by atoms with van der Waals surface area (Å²) in [4.78, 5) is 14.1. The van der Waals surface area contributed by atoms with Crippen LogP contribution in [-0.4, -0.2) is 42.6 Å². The molecule has 1 N–H and O–H groups in total. The Balaban J connectivity index is 0.00000220. The predicted octanol–water partition coefficient (Wildman–Crippen LogP) is 2.66. The molecule has 2 unspecified atom stereocenters. The molecule has 0 radical (unpaired) electrons. The number of halogens is 2. The van der Waals surface area contributed by atoms with E-state index in [2.05, 4.69) is 19.2 Å². The van der Waals surface area contributed by atoms with Crippen molar-refractivity contribution in [3.63, 3.8) is 0 Å². The van der Waals surface area contributed by atoms with Gasteiger partial charge in [-0.15, -0.1) is 12.4 Å². The summed E-state index contributed by atoms with van der Waals surface area (Å²) in [5.74, 6) is 0.703. The quantitative estimate of drug-likeness (QED) is 0.925. The molecule has 0 saturated carbocycles. The number of hydrogen-bond acceptors (Lipinski definition) is 3. The molecule has 2 atom stereocenters. The van der Waals surface area contributed by atoms with Gasteiger partial charge in [0.05, 0.1) is 0 Å². The Morgan fingerprint density at radius 2 is 2.19 bits per heavy atom. The first kappa shape index (κ1) is 18.1. The van der Waals surface area contributed by atoms with Crippen molar-refractivity contribution in [2.45, 2.75) is 32.9 Å². The Bertz CT molecular complexity index is 497. The van der Waals surface area contributed by atoms with Gasteiger partial charge in [-0.1, -0.05) is 11.6 Å². The van der Waals surface area contributed by atoms with Crippen LogP contribution in [0.2, 0.25) is 5.02 Å². The molecule has 0 spiro atoms. The van der Waals surface area contributed by atoms with Gasteiger partial charge >= 0.3 is 0 Å². The third kappa shape index (κ3) is 4.50. The van der Waals surface area contributed by atoms with Crippen LogP contribution in [0.5, 0.6) is 5.75 Å². The number of hydrogen-bond donors (Lipinski definition) is 1. The topological polar surface area (TPSA) is 41.6 Å². The van der Waals surface area contributed by atoms with Crippen LogP contribution in [0.1, 0.15) is 19.4 Å². The van der Waals surface area contributed by atoms with Gasteiger partial charge in [-0.25, -0.2) is 0 Å². The fourth-order valence-electron chi connectivity index (χ4n) is 2.34. The maximum Gasteiger partial charge on any atom is 0.260 e. The summed E-state index contributed by atoms with van der Waals surface area (Å²) in [5, 5.41) is 4.06. The molecule has 6 heteroatoms. The molecule has 21 heavy (non-hydrogen) atoms. The third-order valence-corrected chi connectivity index (χ3v) is 4.27. The van der Waals surface area contributed by atoms with Crippen molar-refractivity contribution >= 4 is 29.9 Å². The molecule has 1 saturated heterocycles. The summed E-state index contributed by atoms with van der Waals surface area (Å²) in [6, 6.07) is 5.91. The van der Waals surface area contributed by atoms with E-state index in [4.69, 9.17) is 16.3 Å². The molecule has 1 aromatic rings. The lowest BCUT2D eigenvalue weighted by Gasteiger charge is -2.38. The van der Waals surface area contributed by atoms with Gasteiger partial charge in [-0.05, 0) is 44.5 Å². The molecule has 0 aliphatic carbocycles. The van der Waals surface area contributed by atoms with Gasteiger partial charge in [0.15, 0.2) is 6.61 Å². The molecule has 2 rings (SSSR count). The van der Waals surface area contributed by atoms with E-state index in [-0.39, 0.29) is 31.0 Å². The van der Waals surface area contributed by atoms with Gasteiger partial charge in [-0.2, -0.15) is 0 Å². The number of rotatable bonds is 3. The van der Waals surface area contributed by atoms with Crippen molar-refractivity contribution in [2.75, 3.05) is 19.7 Å². The first-order chi connectivity index (χ1) is 9.49. The molecule has 1 amide bonds. The Morgan fingerprint density at radius 1 is 1.48 bits per heavy atom. The first-order valence-electron chi connectivity index (χ1n) is 6.91. The zero-order chi connectivity index (χ0) is 14.7. The van der Waals surface area contributed by atoms with E-state index in [1.807, 2.05) is 17.9 Å². The van der Waals surface area contributed by atoms with Crippen LogP contribution < -0.4 is 10.1 Å². The largest absolute Gasteiger partial charge is 0.484 e. The normalized spacial score (nSPS) is 21.6. The molecule has 1 fully saturated rings. The number of carbonyl (C=O) groups is 1. The first-order valence-corrected chi connectivity index (χ1v) is 7.28. The highest BCUT2D eigenvalue weighted by Crippen LogP contribution is 2.21. The monoisotopic (exact) mass is 332 g/mol. The number of carbonyl (C=O) groups excluding carboxylic acids is 1. The maximum absolute atomic E-state index is 12.2. The van der Waals surface area contributed by atoms with E-state index >= 15 is 0 Å². The Labute approximate surface area is 137 Å². The van der Waals surface area contributed by atoms with Gasteiger partial charge in [0.25, 0.3) is 5.91 Å². The minimum absolute atomic E-state index is 0. The Morgan fingerprint density at radius 3 is 2.86 bits per heavy atom. The summed E-state index contributed by atoms with van der Waals surface area (Å²) in [6.45, 7) is 7.69. The lowest BCUT2D eigenvalue weighted by Crippen LogP contribution is -2.58. The van der Waals surface area contributed by atoms with E-state index < -0.39 is 0 Å². The highest BCUT2D eigenvalue weighted by Gasteiger charge is 2.28. The second kappa shape index (κ2) is 7.87. The molecule has 0 aromatic heterocycles. The number of benzene rings is 1. The van der Waals surface area contributed by atoms with E-state index in [1.165, 1.54) is 0 Å². The van der Waals surface area contributed by atoms with E-state index in [0.717, 1.165) is 18.7 Å². The van der Waals surface area contributed by atoms with Gasteiger partial charge < -0.3 is 15.0 Å². The van der Waals surface area contributed by atoms with Crippen molar-refractivity contribution in [3.05, 3.63) is 28.8 Å². The van der Waals surface area contributed by atoms with Crippen LogP contribution >= 0.6 is 24.0 Å². The van der Waals surface area contributed by atoms with E-state index in [1.54, 1.807) is 12.1 Å². The Kier molecular flexibility index (Phi) is 6.78. The smallest absolute Gasteiger partial charge is 0.260 e. The van der Waals surface area contributed by atoms with Crippen LogP contribution in [0, 0.1) is 6.92 Å². The van der Waals surface area contributed by atoms with Gasteiger partial charge in [0, 0.05) is 30.2 Å². The molecular weight excluding hydrogens is 311 g/mol.